The van der Waals surface area contributed by atoms with Gasteiger partial charge in [0.05, 0.1) is 5.69 Å². The lowest BCUT2D eigenvalue weighted by Crippen LogP contribution is -1.94. The molecule has 11 aromatic rings. The fourth-order valence-electron chi connectivity index (χ4n) is 7.97. The first kappa shape index (κ1) is 32.3. The van der Waals surface area contributed by atoms with Crippen molar-refractivity contribution >= 4 is 53.6 Å². The van der Waals surface area contributed by atoms with E-state index >= 15 is 0 Å². The van der Waals surface area contributed by atoms with Crippen LogP contribution in [-0.4, -0.2) is 9.97 Å². The smallest absolute Gasteiger partial charge is 0.161 e. The van der Waals surface area contributed by atoms with E-state index in [1.165, 1.54) is 15.6 Å². The molecule has 0 fully saturated rings. The van der Waals surface area contributed by atoms with Crippen LogP contribution in [0.15, 0.2) is 199 Å². The predicted molar refractivity (Wildman–Crippen MR) is 235 cm³/mol. The van der Waals surface area contributed by atoms with Crippen molar-refractivity contribution in [3.8, 4) is 67.2 Å². The van der Waals surface area contributed by atoms with E-state index in [-0.39, 0.29) is 0 Å². The van der Waals surface area contributed by atoms with Crippen LogP contribution in [0.3, 0.4) is 0 Å². The Labute approximate surface area is 327 Å². The van der Waals surface area contributed by atoms with Crippen molar-refractivity contribution in [2.45, 2.75) is 0 Å². The number of benzene rings is 8. The van der Waals surface area contributed by atoms with Crippen LogP contribution in [0.2, 0.25) is 0 Å². The Balaban J connectivity index is 0.960. The number of rotatable bonds is 6. The van der Waals surface area contributed by atoms with E-state index < -0.39 is 0 Å². The zero-order valence-corrected chi connectivity index (χ0v) is 31.0. The molecule has 0 saturated carbocycles. The molecule has 0 aliphatic heterocycles. The van der Waals surface area contributed by atoms with Crippen molar-refractivity contribution in [3.63, 3.8) is 0 Å². The van der Waals surface area contributed by atoms with Gasteiger partial charge in [-0.3, -0.25) is 0 Å². The molecule has 0 bridgehead atoms. The third-order valence-corrected chi connectivity index (χ3v) is 11.8. The van der Waals surface area contributed by atoms with E-state index in [4.69, 9.17) is 14.4 Å². The molecular weight excluding hydrogens is 701 g/mol. The van der Waals surface area contributed by atoms with Gasteiger partial charge in [-0.1, -0.05) is 164 Å². The summed E-state index contributed by atoms with van der Waals surface area (Å²) in [6.45, 7) is 0. The van der Waals surface area contributed by atoms with Crippen molar-refractivity contribution in [1.29, 1.82) is 0 Å². The molecule has 11 rings (SSSR count). The average molecular weight is 733 g/mol. The molecule has 3 nitrogen and oxygen atoms in total. The highest BCUT2D eigenvalue weighted by atomic mass is 32.1. The fraction of sp³-hybridized carbons (Fsp3) is 0. The van der Waals surface area contributed by atoms with Gasteiger partial charge >= 0.3 is 0 Å². The van der Waals surface area contributed by atoms with Crippen molar-refractivity contribution in [2.24, 2.45) is 0 Å². The first-order valence-electron chi connectivity index (χ1n) is 18.8. The first-order chi connectivity index (χ1) is 27.7. The quantitative estimate of drug-likeness (QED) is 0.171. The minimum Gasteiger partial charge on any atom is -0.455 e. The van der Waals surface area contributed by atoms with Crippen LogP contribution in [0.4, 0.5) is 0 Å². The molecule has 0 aliphatic carbocycles. The Morgan fingerprint density at radius 3 is 1.70 bits per heavy atom. The first-order valence-corrected chi connectivity index (χ1v) is 19.6. The highest BCUT2D eigenvalue weighted by molar-refractivity contribution is 7.25. The molecule has 3 heterocycles. The monoisotopic (exact) mass is 732 g/mol. The molecule has 0 N–H and O–H groups in total. The lowest BCUT2D eigenvalue weighted by Gasteiger charge is -2.11. The van der Waals surface area contributed by atoms with E-state index in [0.29, 0.717) is 0 Å². The molecule has 0 aliphatic rings. The second-order valence-corrected chi connectivity index (χ2v) is 15.2. The lowest BCUT2D eigenvalue weighted by molar-refractivity contribution is 0.670. The van der Waals surface area contributed by atoms with Gasteiger partial charge in [0.25, 0.3) is 0 Å². The Morgan fingerprint density at radius 2 is 0.911 bits per heavy atom. The Morgan fingerprint density at radius 1 is 0.375 bits per heavy atom. The minimum absolute atomic E-state index is 0.720. The van der Waals surface area contributed by atoms with Gasteiger partial charge in [-0.2, -0.15) is 0 Å². The highest BCUT2D eigenvalue weighted by Crippen LogP contribution is 2.41. The van der Waals surface area contributed by atoms with Crippen LogP contribution in [-0.2, 0) is 0 Å². The van der Waals surface area contributed by atoms with Gasteiger partial charge < -0.3 is 4.42 Å². The largest absolute Gasteiger partial charge is 0.455 e. The maximum absolute atomic E-state index is 6.34. The number of para-hydroxylation sites is 2. The van der Waals surface area contributed by atoms with Crippen molar-refractivity contribution in [1.82, 2.24) is 9.97 Å². The predicted octanol–water partition coefficient (Wildman–Crippen LogP) is 14.7. The van der Waals surface area contributed by atoms with Crippen LogP contribution < -0.4 is 0 Å². The molecule has 8 aromatic carbocycles. The van der Waals surface area contributed by atoms with Gasteiger partial charge in [0, 0.05) is 42.9 Å². The molecule has 262 valence electrons. The Hall–Kier alpha value is -7.14. The standard InChI is InChI=1S/C52H32N2OS/c1-2-12-33(13-3-1)37-15-9-18-40(31-37)49-48-45-21-5-7-25-47(45)56-52(48)54-51(53-49)41-19-10-17-39(32-41)38-16-8-14-36(30-38)34-26-28-35(29-27-34)42-22-11-23-44-43-20-4-6-24-46(43)55-50(42)44/h1-32H. The number of hydrogen-bond acceptors (Lipinski definition) is 4. The van der Waals surface area contributed by atoms with Crippen LogP contribution in [0.25, 0.3) is 109 Å². The topological polar surface area (TPSA) is 38.9 Å². The maximum atomic E-state index is 6.34. The maximum Gasteiger partial charge on any atom is 0.161 e. The van der Waals surface area contributed by atoms with E-state index in [1.54, 1.807) is 11.3 Å². The van der Waals surface area contributed by atoms with Gasteiger partial charge in [-0.05, 0) is 69.3 Å². The molecule has 0 saturated heterocycles. The molecule has 0 spiro atoms. The van der Waals surface area contributed by atoms with Crippen LogP contribution in [0.1, 0.15) is 0 Å². The Kier molecular flexibility index (Phi) is 7.68. The summed E-state index contributed by atoms with van der Waals surface area (Å²) in [6, 6.07) is 68.6. The van der Waals surface area contributed by atoms with Crippen molar-refractivity contribution in [3.05, 3.63) is 194 Å². The van der Waals surface area contributed by atoms with Crippen molar-refractivity contribution < 1.29 is 4.42 Å². The SMILES string of the molecule is c1ccc(-c2cccc(-c3nc(-c4cccc(-c5cccc(-c6ccc(-c7cccc8c7oc7ccccc78)cc6)c5)c4)nc4sc5ccccc5c34)c2)cc1. The van der Waals surface area contributed by atoms with E-state index in [2.05, 4.69) is 182 Å². The van der Waals surface area contributed by atoms with Crippen LogP contribution >= 0.6 is 11.3 Å². The van der Waals surface area contributed by atoms with Crippen molar-refractivity contribution in [2.75, 3.05) is 0 Å². The molecule has 56 heavy (non-hydrogen) atoms. The number of nitrogens with zero attached hydrogens (tertiary/aromatic N) is 2. The van der Waals surface area contributed by atoms with E-state index in [9.17, 15) is 0 Å². The summed E-state index contributed by atoms with van der Waals surface area (Å²) in [4.78, 5) is 11.6. The fourth-order valence-corrected chi connectivity index (χ4v) is 9.05. The summed E-state index contributed by atoms with van der Waals surface area (Å²) in [5.41, 5.74) is 14.0. The van der Waals surface area contributed by atoms with E-state index in [1.807, 2.05) is 12.1 Å². The molecule has 0 atom stereocenters. The van der Waals surface area contributed by atoms with Gasteiger partial charge in [-0.25, -0.2) is 9.97 Å². The summed E-state index contributed by atoms with van der Waals surface area (Å²) in [5, 5.41) is 4.57. The van der Waals surface area contributed by atoms with Gasteiger partial charge in [-0.15, -0.1) is 11.3 Å². The molecule has 0 unspecified atom stereocenters. The second-order valence-electron chi connectivity index (χ2n) is 14.1. The molecule has 0 amide bonds. The van der Waals surface area contributed by atoms with Crippen LogP contribution in [0, 0.1) is 0 Å². The summed E-state index contributed by atoms with van der Waals surface area (Å²) in [7, 11) is 0. The number of fused-ring (bicyclic) bond motifs is 6. The zero-order chi connectivity index (χ0) is 37.0. The third kappa shape index (κ3) is 5.58. The van der Waals surface area contributed by atoms with Crippen LogP contribution in [0.5, 0.6) is 0 Å². The molecule has 0 radical (unpaired) electrons. The normalized spacial score (nSPS) is 11.6. The molecule has 3 aromatic heterocycles. The number of hydrogen-bond donors (Lipinski definition) is 0. The number of furan rings is 1. The summed E-state index contributed by atoms with van der Waals surface area (Å²) in [5.74, 6) is 0.720. The summed E-state index contributed by atoms with van der Waals surface area (Å²) < 4.78 is 7.54. The zero-order valence-electron chi connectivity index (χ0n) is 30.2. The lowest BCUT2D eigenvalue weighted by atomic mass is 9.96. The van der Waals surface area contributed by atoms with Gasteiger partial charge in [0.2, 0.25) is 0 Å². The van der Waals surface area contributed by atoms with Gasteiger partial charge in [0.15, 0.2) is 5.82 Å². The summed E-state index contributed by atoms with van der Waals surface area (Å²) >= 11 is 1.72. The molecular formula is C52H32N2OS. The average Bonchev–Trinajstić information content (AvgIpc) is 3.85. The molecule has 4 heteroatoms. The van der Waals surface area contributed by atoms with E-state index in [0.717, 1.165) is 93.7 Å². The third-order valence-electron chi connectivity index (χ3n) is 10.7. The number of thiophene rings is 1. The number of aromatic nitrogens is 2. The Bertz CT molecular complexity index is 3250. The van der Waals surface area contributed by atoms with Gasteiger partial charge in [0.1, 0.15) is 16.0 Å². The summed E-state index contributed by atoms with van der Waals surface area (Å²) in [6.07, 6.45) is 0. The minimum atomic E-state index is 0.720. The highest BCUT2D eigenvalue weighted by Gasteiger charge is 2.18. The second kappa shape index (κ2) is 13.3.